The zero-order valence-corrected chi connectivity index (χ0v) is 8.65. The molecule has 0 atom stereocenters. The number of nitrogens with one attached hydrogen (secondary N) is 1. The number of rotatable bonds is 2. The third-order valence-corrected chi connectivity index (χ3v) is 2.32. The summed E-state index contributed by atoms with van der Waals surface area (Å²) in [5, 5.41) is 22.4. The van der Waals surface area contributed by atoms with Crippen molar-refractivity contribution in [1.29, 1.82) is 0 Å². The maximum Gasteiger partial charge on any atom is 0.336 e. The van der Waals surface area contributed by atoms with Crippen molar-refractivity contribution in [3.8, 4) is 11.5 Å². The van der Waals surface area contributed by atoms with E-state index < -0.39 is 11.4 Å². The molecule has 0 saturated heterocycles. The minimum Gasteiger partial charge on any atom is -0.504 e. The minimum atomic E-state index is -0.557. The van der Waals surface area contributed by atoms with Gasteiger partial charge >= 0.3 is 5.63 Å². The van der Waals surface area contributed by atoms with Crippen molar-refractivity contribution in [2.24, 2.45) is 0 Å². The molecule has 2 rings (SSSR count). The minimum absolute atomic E-state index is 0.0118. The van der Waals surface area contributed by atoms with Crippen LogP contribution >= 0.6 is 0 Å². The van der Waals surface area contributed by atoms with Gasteiger partial charge in [-0.1, -0.05) is 0 Å². The summed E-state index contributed by atoms with van der Waals surface area (Å²) >= 11 is 0. The predicted octanol–water partition coefficient (Wildman–Crippen LogP) is 0.924. The molecule has 1 heterocycles. The predicted molar refractivity (Wildman–Crippen MR) is 58.6 cm³/mol. The maximum atomic E-state index is 11.3. The zero-order chi connectivity index (χ0) is 11.7. The van der Waals surface area contributed by atoms with E-state index >= 15 is 0 Å². The lowest BCUT2D eigenvalue weighted by molar-refractivity contribution is 0.397. The van der Waals surface area contributed by atoms with Crippen LogP contribution in [0.15, 0.2) is 27.4 Å². The molecule has 1 aromatic carbocycles. The third kappa shape index (κ3) is 1.61. The van der Waals surface area contributed by atoms with Gasteiger partial charge in [-0.2, -0.15) is 0 Å². The first-order chi connectivity index (χ1) is 7.63. The van der Waals surface area contributed by atoms with Gasteiger partial charge < -0.3 is 19.9 Å². The highest BCUT2D eigenvalue weighted by Crippen LogP contribution is 2.33. The fourth-order valence-electron chi connectivity index (χ4n) is 1.60. The number of phenols is 2. The van der Waals surface area contributed by atoms with Crippen molar-refractivity contribution >= 4 is 11.0 Å². The molecule has 1 aromatic heterocycles. The Labute approximate surface area is 90.9 Å². The van der Waals surface area contributed by atoms with Crippen molar-refractivity contribution in [1.82, 2.24) is 5.32 Å². The lowest BCUT2D eigenvalue weighted by Gasteiger charge is -2.06. The molecule has 0 aliphatic carbocycles. The first kappa shape index (κ1) is 10.5. The molecule has 0 radical (unpaired) electrons. The molecule has 0 unspecified atom stereocenters. The first-order valence-electron chi connectivity index (χ1n) is 4.75. The molecule has 16 heavy (non-hydrogen) atoms. The van der Waals surface area contributed by atoms with E-state index in [0.29, 0.717) is 17.5 Å². The molecule has 0 fully saturated rings. The third-order valence-electron chi connectivity index (χ3n) is 2.32. The van der Waals surface area contributed by atoms with Crippen molar-refractivity contribution < 1.29 is 14.6 Å². The summed E-state index contributed by atoms with van der Waals surface area (Å²) in [6, 6.07) is 4.31. The van der Waals surface area contributed by atoms with Gasteiger partial charge in [0.15, 0.2) is 11.3 Å². The Morgan fingerprint density at radius 3 is 2.81 bits per heavy atom. The number of hydrogen-bond acceptors (Lipinski definition) is 5. The van der Waals surface area contributed by atoms with E-state index in [9.17, 15) is 15.0 Å². The molecule has 2 aromatic rings. The second kappa shape index (κ2) is 3.86. The number of fused-ring (bicyclic) bond motifs is 1. The smallest absolute Gasteiger partial charge is 0.336 e. The first-order valence-corrected chi connectivity index (χ1v) is 4.75. The van der Waals surface area contributed by atoms with Crippen LogP contribution in [0.5, 0.6) is 11.5 Å². The van der Waals surface area contributed by atoms with Crippen LogP contribution in [0, 0.1) is 0 Å². The van der Waals surface area contributed by atoms with Crippen LogP contribution in [-0.4, -0.2) is 17.3 Å². The molecule has 5 heteroatoms. The van der Waals surface area contributed by atoms with E-state index in [1.807, 2.05) is 0 Å². The monoisotopic (exact) mass is 221 g/mol. The Balaban J connectivity index is 2.83. The molecular weight excluding hydrogens is 210 g/mol. The van der Waals surface area contributed by atoms with Gasteiger partial charge in [0, 0.05) is 18.0 Å². The number of aromatic hydroxyl groups is 2. The van der Waals surface area contributed by atoms with E-state index in [4.69, 9.17) is 4.42 Å². The molecular formula is C11H11NO4. The molecule has 0 aliphatic rings. The zero-order valence-electron chi connectivity index (χ0n) is 8.65. The Kier molecular flexibility index (Phi) is 2.54. The molecule has 0 bridgehead atoms. The van der Waals surface area contributed by atoms with Gasteiger partial charge in [0.2, 0.25) is 5.75 Å². The van der Waals surface area contributed by atoms with E-state index in [2.05, 4.69) is 5.32 Å². The van der Waals surface area contributed by atoms with Gasteiger partial charge in [0.05, 0.1) is 0 Å². The molecule has 84 valence electrons. The summed E-state index contributed by atoms with van der Waals surface area (Å²) in [6.45, 7) is 0.478. The van der Waals surface area contributed by atoms with E-state index in [-0.39, 0.29) is 11.3 Å². The van der Waals surface area contributed by atoms with Crippen LogP contribution in [-0.2, 0) is 6.54 Å². The van der Waals surface area contributed by atoms with Crippen molar-refractivity contribution in [3.05, 3.63) is 34.2 Å². The van der Waals surface area contributed by atoms with Crippen molar-refractivity contribution in [2.45, 2.75) is 6.54 Å². The van der Waals surface area contributed by atoms with Crippen LogP contribution in [0.4, 0.5) is 0 Å². The van der Waals surface area contributed by atoms with Gasteiger partial charge in [0.25, 0.3) is 0 Å². The fraction of sp³-hybridized carbons (Fsp3) is 0.182. The SMILES string of the molecule is CNCc1cc(=O)oc2c(O)c(O)ccc12. The Hall–Kier alpha value is -2.01. The highest BCUT2D eigenvalue weighted by atomic mass is 16.4. The van der Waals surface area contributed by atoms with Crippen LogP contribution in [0.25, 0.3) is 11.0 Å². The van der Waals surface area contributed by atoms with Crippen LogP contribution in [0.2, 0.25) is 0 Å². The van der Waals surface area contributed by atoms with Crippen LogP contribution < -0.4 is 10.9 Å². The Morgan fingerprint density at radius 1 is 1.38 bits per heavy atom. The summed E-state index contributed by atoms with van der Waals surface area (Å²) in [7, 11) is 1.75. The van der Waals surface area contributed by atoms with Crippen LogP contribution in [0.1, 0.15) is 5.56 Å². The molecule has 0 spiro atoms. The van der Waals surface area contributed by atoms with Gasteiger partial charge in [0.1, 0.15) is 0 Å². The summed E-state index contributed by atoms with van der Waals surface area (Å²) in [5.74, 6) is -0.718. The number of benzene rings is 1. The molecule has 3 N–H and O–H groups in total. The van der Waals surface area contributed by atoms with Crippen LogP contribution in [0.3, 0.4) is 0 Å². The second-order valence-electron chi connectivity index (χ2n) is 3.43. The maximum absolute atomic E-state index is 11.3. The number of hydrogen-bond donors (Lipinski definition) is 3. The van der Waals surface area contributed by atoms with Crippen molar-refractivity contribution in [3.63, 3.8) is 0 Å². The lowest BCUT2D eigenvalue weighted by atomic mass is 10.1. The normalized spacial score (nSPS) is 10.8. The molecule has 0 amide bonds. The van der Waals surface area contributed by atoms with E-state index in [1.54, 1.807) is 13.1 Å². The summed E-state index contributed by atoms with van der Waals surface area (Å²) in [4.78, 5) is 11.3. The molecule has 0 saturated carbocycles. The topological polar surface area (TPSA) is 82.7 Å². The van der Waals surface area contributed by atoms with Gasteiger partial charge in [-0.15, -0.1) is 0 Å². The highest BCUT2D eigenvalue weighted by Gasteiger charge is 2.11. The average molecular weight is 221 g/mol. The highest BCUT2D eigenvalue weighted by molar-refractivity contribution is 5.87. The Morgan fingerprint density at radius 2 is 2.12 bits per heavy atom. The summed E-state index contributed by atoms with van der Waals surface area (Å²) < 4.78 is 4.87. The Bertz CT molecular complexity index is 588. The lowest BCUT2D eigenvalue weighted by Crippen LogP contribution is -2.09. The summed E-state index contributed by atoms with van der Waals surface area (Å²) in [6.07, 6.45) is 0. The quantitative estimate of drug-likeness (QED) is 0.519. The largest absolute Gasteiger partial charge is 0.504 e. The second-order valence-corrected chi connectivity index (χ2v) is 3.43. The van der Waals surface area contributed by atoms with Gasteiger partial charge in [-0.25, -0.2) is 4.79 Å². The molecule has 5 nitrogen and oxygen atoms in total. The molecule has 0 aliphatic heterocycles. The number of phenolic OH excluding ortho intramolecular Hbond substituents is 2. The van der Waals surface area contributed by atoms with Gasteiger partial charge in [-0.3, -0.25) is 0 Å². The standard InChI is InChI=1S/C11H11NO4/c1-12-5-6-4-9(14)16-11-7(6)2-3-8(13)10(11)15/h2-4,12-13,15H,5H2,1H3. The fourth-order valence-corrected chi connectivity index (χ4v) is 1.60. The average Bonchev–Trinajstić information content (AvgIpc) is 2.24. The van der Waals surface area contributed by atoms with Gasteiger partial charge in [-0.05, 0) is 24.7 Å². The van der Waals surface area contributed by atoms with E-state index in [1.165, 1.54) is 12.1 Å². The van der Waals surface area contributed by atoms with E-state index in [0.717, 1.165) is 0 Å². The summed E-state index contributed by atoms with van der Waals surface area (Å²) in [5.41, 5.74) is 0.167. The van der Waals surface area contributed by atoms with Crippen molar-refractivity contribution in [2.75, 3.05) is 7.05 Å².